The van der Waals surface area contributed by atoms with Crippen LogP contribution in [0.1, 0.15) is 10.5 Å². The van der Waals surface area contributed by atoms with E-state index in [0.717, 1.165) is 10.6 Å². The number of hydrogen-bond acceptors (Lipinski definition) is 2. The minimum atomic E-state index is -1.70. The molecule has 0 fully saturated rings. The number of benzene rings is 1. The van der Waals surface area contributed by atoms with Gasteiger partial charge in [0.2, 0.25) is 0 Å². The van der Waals surface area contributed by atoms with Crippen molar-refractivity contribution in [1.82, 2.24) is 4.57 Å². The maximum absolute atomic E-state index is 13.4. The summed E-state index contributed by atoms with van der Waals surface area (Å²) in [6.07, 6.45) is 1.35. The number of carbonyl (C=O) groups excluding carboxylic acids is 1. The molecule has 2 rings (SSSR count). The van der Waals surface area contributed by atoms with E-state index >= 15 is 0 Å². The molecule has 0 aliphatic carbocycles. The summed E-state index contributed by atoms with van der Waals surface area (Å²) in [5.74, 6) is -6.61. The van der Waals surface area contributed by atoms with Gasteiger partial charge >= 0.3 is 5.97 Å². The van der Waals surface area contributed by atoms with Crippen molar-refractivity contribution in [2.24, 2.45) is 0 Å². The molecule has 1 heterocycles. The predicted molar refractivity (Wildman–Crippen MR) is 66.3 cm³/mol. The molecule has 110 valence electrons. The fourth-order valence-corrected chi connectivity index (χ4v) is 1.71. The van der Waals surface area contributed by atoms with Crippen LogP contribution in [-0.2, 0) is 11.3 Å². The largest absolute Gasteiger partial charge is 0.480 e. The van der Waals surface area contributed by atoms with Crippen LogP contribution in [-0.4, -0.2) is 21.6 Å². The van der Waals surface area contributed by atoms with Gasteiger partial charge in [0.15, 0.2) is 17.5 Å². The zero-order valence-corrected chi connectivity index (χ0v) is 10.4. The Bertz CT molecular complexity index is 713. The van der Waals surface area contributed by atoms with Crippen molar-refractivity contribution in [3.05, 3.63) is 53.6 Å². The van der Waals surface area contributed by atoms with Crippen molar-refractivity contribution < 1.29 is 27.9 Å². The smallest absolute Gasteiger partial charge is 0.323 e. The topological polar surface area (TPSA) is 71.3 Å². The quantitative estimate of drug-likeness (QED) is 0.850. The highest BCUT2D eigenvalue weighted by molar-refractivity contribution is 6.03. The number of amides is 1. The molecule has 2 aromatic rings. The highest BCUT2D eigenvalue weighted by Crippen LogP contribution is 2.20. The van der Waals surface area contributed by atoms with Crippen LogP contribution >= 0.6 is 0 Å². The lowest BCUT2D eigenvalue weighted by atomic mass is 10.2. The molecule has 0 radical (unpaired) electrons. The van der Waals surface area contributed by atoms with Crippen LogP contribution in [0, 0.1) is 17.5 Å². The van der Waals surface area contributed by atoms with Crippen molar-refractivity contribution in [2.45, 2.75) is 6.54 Å². The zero-order chi connectivity index (χ0) is 15.6. The normalized spacial score (nSPS) is 10.4. The number of nitrogens with one attached hydrogen (secondary N) is 1. The first-order chi connectivity index (χ1) is 9.90. The van der Waals surface area contributed by atoms with E-state index < -0.39 is 41.6 Å². The van der Waals surface area contributed by atoms with Crippen molar-refractivity contribution in [3.8, 4) is 0 Å². The van der Waals surface area contributed by atoms with E-state index in [-0.39, 0.29) is 5.69 Å². The number of aromatic nitrogens is 1. The average molecular weight is 298 g/mol. The second kappa shape index (κ2) is 5.70. The van der Waals surface area contributed by atoms with Crippen LogP contribution in [0.5, 0.6) is 0 Å². The molecule has 0 bridgehead atoms. The number of halogens is 3. The number of rotatable bonds is 4. The third kappa shape index (κ3) is 3.04. The molecule has 0 atom stereocenters. The van der Waals surface area contributed by atoms with Crippen molar-refractivity contribution in [2.75, 3.05) is 5.32 Å². The van der Waals surface area contributed by atoms with Gasteiger partial charge < -0.3 is 15.0 Å². The van der Waals surface area contributed by atoms with Gasteiger partial charge in [-0.05, 0) is 24.3 Å². The summed E-state index contributed by atoms with van der Waals surface area (Å²) in [6, 6.07) is 4.29. The number of hydrogen-bond donors (Lipinski definition) is 2. The number of aliphatic carboxylic acids is 1. The molecule has 5 nitrogen and oxygen atoms in total. The van der Waals surface area contributed by atoms with Crippen LogP contribution in [0.4, 0.5) is 18.9 Å². The van der Waals surface area contributed by atoms with Crippen LogP contribution in [0.15, 0.2) is 30.5 Å². The minimum absolute atomic E-state index is 0.0541. The summed E-state index contributed by atoms with van der Waals surface area (Å²) in [6.45, 7) is -0.462. The van der Waals surface area contributed by atoms with Crippen LogP contribution in [0.3, 0.4) is 0 Å². The van der Waals surface area contributed by atoms with Gasteiger partial charge in [-0.3, -0.25) is 9.59 Å². The molecule has 0 saturated heterocycles. The molecule has 0 aliphatic rings. The van der Waals surface area contributed by atoms with E-state index in [0.29, 0.717) is 6.07 Å². The molecule has 0 unspecified atom stereocenters. The number of nitrogens with zero attached hydrogens (tertiary/aromatic N) is 1. The Kier molecular flexibility index (Phi) is 3.97. The van der Waals surface area contributed by atoms with Gasteiger partial charge in [0.1, 0.15) is 12.2 Å². The SMILES string of the molecule is O=C(O)Cn1cccc1C(=O)Nc1ccc(F)c(F)c1F. The van der Waals surface area contributed by atoms with Gasteiger partial charge in [0, 0.05) is 6.20 Å². The number of anilines is 1. The molecule has 1 amide bonds. The lowest BCUT2D eigenvalue weighted by molar-refractivity contribution is -0.137. The highest BCUT2D eigenvalue weighted by atomic mass is 19.2. The summed E-state index contributed by atoms with van der Waals surface area (Å²) >= 11 is 0. The van der Waals surface area contributed by atoms with Gasteiger partial charge in [-0.25, -0.2) is 13.2 Å². The summed E-state index contributed by atoms with van der Waals surface area (Å²) in [7, 11) is 0. The third-order valence-corrected chi connectivity index (χ3v) is 2.65. The highest BCUT2D eigenvalue weighted by Gasteiger charge is 2.18. The maximum Gasteiger partial charge on any atom is 0.323 e. The fraction of sp³-hybridized carbons (Fsp3) is 0.0769. The molecule has 0 spiro atoms. The number of carboxylic acids is 1. The molecular formula is C13H9F3N2O3. The van der Waals surface area contributed by atoms with Crippen LogP contribution in [0.25, 0.3) is 0 Å². The lowest BCUT2D eigenvalue weighted by Gasteiger charge is -2.09. The van der Waals surface area contributed by atoms with Gasteiger partial charge in [-0.15, -0.1) is 0 Å². The maximum atomic E-state index is 13.4. The third-order valence-electron chi connectivity index (χ3n) is 2.65. The Morgan fingerprint density at radius 1 is 1.14 bits per heavy atom. The molecule has 21 heavy (non-hydrogen) atoms. The van der Waals surface area contributed by atoms with Crippen molar-refractivity contribution >= 4 is 17.6 Å². The fourth-order valence-electron chi connectivity index (χ4n) is 1.71. The van der Waals surface area contributed by atoms with Gasteiger partial charge in [0.05, 0.1) is 5.69 Å². The monoisotopic (exact) mass is 298 g/mol. The predicted octanol–water partition coefficient (Wildman–Crippen LogP) is 2.24. The lowest BCUT2D eigenvalue weighted by Crippen LogP contribution is -2.20. The Morgan fingerprint density at radius 3 is 2.52 bits per heavy atom. The van der Waals surface area contributed by atoms with E-state index in [1.54, 1.807) is 0 Å². The number of carboxylic acid groups (broad SMARTS) is 1. The molecule has 1 aromatic heterocycles. The summed E-state index contributed by atoms with van der Waals surface area (Å²) in [5.41, 5.74) is -0.594. The standard InChI is InChI=1S/C13H9F3N2O3/c14-7-3-4-8(12(16)11(7)15)17-13(21)9-2-1-5-18(9)6-10(19)20/h1-5H,6H2,(H,17,21)(H,19,20). The Balaban J connectivity index is 2.25. The van der Waals surface area contributed by atoms with E-state index in [9.17, 15) is 22.8 Å². The van der Waals surface area contributed by atoms with Crippen LogP contribution < -0.4 is 5.32 Å². The second-order valence-electron chi connectivity index (χ2n) is 4.09. The minimum Gasteiger partial charge on any atom is -0.480 e. The second-order valence-corrected chi connectivity index (χ2v) is 4.09. The summed E-state index contributed by atoms with van der Waals surface area (Å²) in [5, 5.41) is 10.7. The summed E-state index contributed by atoms with van der Waals surface area (Å²) in [4.78, 5) is 22.6. The molecule has 0 aliphatic heterocycles. The Morgan fingerprint density at radius 2 is 1.86 bits per heavy atom. The van der Waals surface area contributed by atoms with Gasteiger partial charge in [-0.1, -0.05) is 0 Å². The molecule has 2 N–H and O–H groups in total. The Hall–Kier alpha value is -2.77. The van der Waals surface area contributed by atoms with Crippen LogP contribution in [0.2, 0.25) is 0 Å². The van der Waals surface area contributed by atoms with E-state index in [1.165, 1.54) is 18.3 Å². The molecule has 0 saturated carbocycles. The van der Waals surface area contributed by atoms with E-state index in [1.807, 2.05) is 0 Å². The molecular weight excluding hydrogens is 289 g/mol. The first-order valence-electron chi connectivity index (χ1n) is 5.72. The molecule has 1 aromatic carbocycles. The summed E-state index contributed by atoms with van der Waals surface area (Å²) < 4.78 is 40.4. The van der Waals surface area contributed by atoms with E-state index in [2.05, 4.69) is 5.32 Å². The molecule has 8 heteroatoms. The van der Waals surface area contributed by atoms with Gasteiger partial charge in [-0.2, -0.15) is 0 Å². The van der Waals surface area contributed by atoms with Crippen molar-refractivity contribution in [1.29, 1.82) is 0 Å². The number of carbonyl (C=O) groups is 2. The van der Waals surface area contributed by atoms with Crippen molar-refractivity contribution in [3.63, 3.8) is 0 Å². The van der Waals surface area contributed by atoms with Gasteiger partial charge in [0.25, 0.3) is 5.91 Å². The first-order valence-corrected chi connectivity index (χ1v) is 5.72. The first kappa shape index (κ1) is 14.6. The Labute approximate surface area is 116 Å². The average Bonchev–Trinajstić information content (AvgIpc) is 2.86. The van der Waals surface area contributed by atoms with E-state index in [4.69, 9.17) is 5.11 Å². The zero-order valence-electron chi connectivity index (χ0n) is 10.4.